The number of nitrogens with one attached hydrogen (secondary N) is 2. The van der Waals surface area contributed by atoms with Gasteiger partial charge in [-0.3, -0.25) is 9.48 Å². The lowest BCUT2D eigenvalue weighted by atomic mass is 10.1. The predicted molar refractivity (Wildman–Crippen MR) is 96.2 cm³/mol. The van der Waals surface area contributed by atoms with E-state index >= 15 is 0 Å². The third-order valence-corrected chi connectivity index (χ3v) is 4.12. The van der Waals surface area contributed by atoms with Crippen molar-refractivity contribution >= 4 is 11.9 Å². The third kappa shape index (κ3) is 4.59. The fourth-order valence-electron chi connectivity index (χ4n) is 2.52. The SMILES string of the molecule is Cc1c([C@H](C)NC(=O)NCc2cccc(C(=O)N(C)C)c2)cnn1C. The van der Waals surface area contributed by atoms with Gasteiger partial charge in [0.25, 0.3) is 5.91 Å². The van der Waals surface area contributed by atoms with Crippen molar-refractivity contribution in [2.24, 2.45) is 7.05 Å². The van der Waals surface area contributed by atoms with Gasteiger partial charge in [0.05, 0.1) is 12.2 Å². The van der Waals surface area contributed by atoms with Crippen LogP contribution in [0.2, 0.25) is 0 Å². The second-order valence-corrected chi connectivity index (χ2v) is 6.26. The summed E-state index contributed by atoms with van der Waals surface area (Å²) >= 11 is 0. The molecular weight excluding hydrogens is 318 g/mol. The molecule has 0 spiro atoms. The number of aryl methyl sites for hydroxylation is 1. The Morgan fingerprint density at radius 3 is 2.64 bits per heavy atom. The van der Waals surface area contributed by atoms with Crippen LogP contribution in [0.5, 0.6) is 0 Å². The van der Waals surface area contributed by atoms with Gasteiger partial charge in [0.1, 0.15) is 0 Å². The molecule has 0 aliphatic carbocycles. The van der Waals surface area contributed by atoms with Crippen LogP contribution in [-0.2, 0) is 13.6 Å². The second kappa shape index (κ2) is 7.83. The average molecular weight is 343 g/mol. The van der Waals surface area contributed by atoms with Crippen molar-refractivity contribution in [3.8, 4) is 0 Å². The first-order valence-electron chi connectivity index (χ1n) is 8.13. The van der Waals surface area contributed by atoms with Gasteiger partial charge in [0, 0.05) is 44.5 Å². The molecule has 1 atom stereocenters. The normalized spacial score (nSPS) is 11.7. The maximum Gasteiger partial charge on any atom is 0.315 e. The molecule has 0 aliphatic heterocycles. The molecule has 7 heteroatoms. The number of rotatable bonds is 5. The van der Waals surface area contributed by atoms with Crippen LogP contribution >= 0.6 is 0 Å². The first kappa shape index (κ1) is 18.5. The highest BCUT2D eigenvalue weighted by Crippen LogP contribution is 2.15. The summed E-state index contributed by atoms with van der Waals surface area (Å²) in [6.07, 6.45) is 1.76. The lowest BCUT2D eigenvalue weighted by Crippen LogP contribution is -2.36. The summed E-state index contributed by atoms with van der Waals surface area (Å²) in [5.74, 6) is -0.0630. The molecule has 134 valence electrons. The lowest BCUT2D eigenvalue weighted by Gasteiger charge is -2.15. The van der Waals surface area contributed by atoms with Gasteiger partial charge in [0.15, 0.2) is 0 Å². The molecule has 1 aromatic heterocycles. The minimum atomic E-state index is -0.264. The van der Waals surface area contributed by atoms with Gasteiger partial charge in [0.2, 0.25) is 0 Å². The summed E-state index contributed by atoms with van der Waals surface area (Å²) in [6.45, 7) is 4.23. The number of aromatic nitrogens is 2. The fraction of sp³-hybridized carbons (Fsp3) is 0.389. The number of hydrogen-bond donors (Lipinski definition) is 2. The Balaban J connectivity index is 1.93. The first-order chi connectivity index (χ1) is 11.8. The molecule has 1 heterocycles. The zero-order valence-electron chi connectivity index (χ0n) is 15.3. The molecular formula is C18H25N5O2. The molecule has 25 heavy (non-hydrogen) atoms. The third-order valence-electron chi connectivity index (χ3n) is 4.12. The molecule has 7 nitrogen and oxygen atoms in total. The number of nitrogens with zero attached hydrogens (tertiary/aromatic N) is 3. The summed E-state index contributed by atoms with van der Waals surface area (Å²) in [7, 11) is 5.29. The van der Waals surface area contributed by atoms with Crippen LogP contribution in [0.15, 0.2) is 30.5 Å². The van der Waals surface area contributed by atoms with Gasteiger partial charge in [-0.15, -0.1) is 0 Å². The number of amides is 3. The molecule has 0 radical (unpaired) electrons. The highest BCUT2D eigenvalue weighted by atomic mass is 16.2. The topological polar surface area (TPSA) is 79.3 Å². The Kier molecular flexibility index (Phi) is 5.80. The molecule has 0 bridgehead atoms. The van der Waals surface area contributed by atoms with E-state index in [4.69, 9.17) is 0 Å². The summed E-state index contributed by atoms with van der Waals surface area (Å²) in [4.78, 5) is 25.6. The van der Waals surface area contributed by atoms with E-state index in [1.54, 1.807) is 37.1 Å². The zero-order valence-corrected chi connectivity index (χ0v) is 15.3. The average Bonchev–Trinajstić information content (AvgIpc) is 2.91. The summed E-state index contributed by atoms with van der Waals surface area (Å²) in [6, 6.07) is 6.83. The van der Waals surface area contributed by atoms with Crippen LogP contribution in [0.4, 0.5) is 4.79 Å². The van der Waals surface area contributed by atoms with Gasteiger partial charge in [-0.2, -0.15) is 5.10 Å². The minimum absolute atomic E-state index is 0.0630. The summed E-state index contributed by atoms with van der Waals surface area (Å²) in [5, 5.41) is 9.90. The van der Waals surface area contributed by atoms with Crippen molar-refractivity contribution in [3.63, 3.8) is 0 Å². The van der Waals surface area contributed by atoms with Crippen LogP contribution < -0.4 is 10.6 Å². The van der Waals surface area contributed by atoms with Gasteiger partial charge < -0.3 is 15.5 Å². The summed E-state index contributed by atoms with van der Waals surface area (Å²) < 4.78 is 1.78. The fourth-order valence-corrected chi connectivity index (χ4v) is 2.52. The predicted octanol–water partition coefficient (Wildman–Crippen LogP) is 1.99. The van der Waals surface area contributed by atoms with E-state index in [-0.39, 0.29) is 18.0 Å². The van der Waals surface area contributed by atoms with Crippen molar-refractivity contribution in [2.45, 2.75) is 26.4 Å². The monoisotopic (exact) mass is 343 g/mol. The minimum Gasteiger partial charge on any atom is -0.345 e. The Morgan fingerprint density at radius 2 is 2.04 bits per heavy atom. The van der Waals surface area contributed by atoms with Crippen molar-refractivity contribution < 1.29 is 9.59 Å². The van der Waals surface area contributed by atoms with Crippen LogP contribution in [0, 0.1) is 6.92 Å². The van der Waals surface area contributed by atoms with E-state index in [1.807, 2.05) is 33.0 Å². The van der Waals surface area contributed by atoms with Gasteiger partial charge in [-0.1, -0.05) is 12.1 Å². The molecule has 0 aliphatic rings. The van der Waals surface area contributed by atoms with E-state index < -0.39 is 0 Å². The van der Waals surface area contributed by atoms with Gasteiger partial charge in [-0.05, 0) is 31.5 Å². The van der Waals surface area contributed by atoms with Crippen molar-refractivity contribution in [2.75, 3.05) is 14.1 Å². The number of carbonyl (C=O) groups is 2. The zero-order chi connectivity index (χ0) is 18.6. The highest BCUT2D eigenvalue weighted by molar-refractivity contribution is 5.94. The highest BCUT2D eigenvalue weighted by Gasteiger charge is 2.14. The molecule has 0 unspecified atom stereocenters. The van der Waals surface area contributed by atoms with Crippen LogP contribution in [0.1, 0.15) is 40.1 Å². The van der Waals surface area contributed by atoms with E-state index in [1.165, 1.54) is 4.90 Å². The summed E-state index contributed by atoms with van der Waals surface area (Å²) in [5.41, 5.74) is 3.47. The van der Waals surface area contributed by atoms with E-state index in [0.717, 1.165) is 16.8 Å². The van der Waals surface area contributed by atoms with Crippen LogP contribution in [-0.4, -0.2) is 40.7 Å². The molecule has 3 amide bonds. The number of hydrogen-bond acceptors (Lipinski definition) is 3. The maximum atomic E-state index is 12.1. The molecule has 2 aromatic rings. The Labute approximate surface area is 148 Å². The molecule has 0 fully saturated rings. The molecule has 1 aromatic carbocycles. The van der Waals surface area contributed by atoms with Crippen LogP contribution in [0.25, 0.3) is 0 Å². The molecule has 0 saturated carbocycles. The smallest absolute Gasteiger partial charge is 0.315 e. The van der Waals surface area contributed by atoms with Crippen molar-refractivity contribution in [1.29, 1.82) is 0 Å². The molecule has 0 saturated heterocycles. The van der Waals surface area contributed by atoms with E-state index in [0.29, 0.717) is 12.1 Å². The van der Waals surface area contributed by atoms with E-state index in [2.05, 4.69) is 15.7 Å². The second-order valence-electron chi connectivity index (χ2n) is 6.26. The van der Waals surface area contributed by atoms with Crippen molar-refractivity contribution in [3.05, 3.63) is 52.8 Å². The number of carbonyl (C=O) groups excluding carboxylic acids is 2. The largest absolute Gasteiger partial charge is 0.345 e. The lowest BCUT2D eigenvalue weighted by molar-refractivity contribution is 0.0827. The quantitative estimate of drug-likeness (QED) is 0.871. The standard InChI is InChI=1S/C18H25N5O2/c1-12(16-11-20-23(5)13(16)2)21-18(25)19-10-14-7-6-8-15(9-14)17(24)22(3)4/h6-9,11-12H,10H2,1-5H3,(H2,19,21,25)/t12-/m0/s1. The van der Waals surface area contributed by atoms with Crippen LogP contribution in [0.3, 0.4) is 0 Å². The Hall–Kier alpha value is -2.83. The van der Waals surface area contributed by atoms with E-state index in [9.17, 15) is 9.59 Å². The van der Waals surface area contributed by atoms with Crippen molar-refractivity contribution in [1.82, 2.24) is 25.3 Å². The maximum absolute atomic E-state index is 12.1. The molecule has 2 N–H and O–H groups in total. The molecule has 2 rings (SSSR count). The van der Waals surface area contributed by atoms with Gasteiger partial charge in [-0.25, -0.2) is 4.79 Å². The number of urea groups is 1. The Morgan fingerprint density at radius 1 is 1.32 bits per heavy atom. The Bertz CT molecular complexity index is 767. The van der Waals surface area contributed by atoms with Gasteiger partial charge >= 0.3 is 6.03 Å². The first-order valence-corrected chi connectivity index (χ1v) is 8.13. The number of benzene rings is 1.